The van der Waals surface area contributed by atoms with Crippen molar-refractivity contribution in [3.05, 3.63) is 53.1 Å². The smallest absolute Gasteiger partial charge is 0.243 e. The van der Waals surface area contributed by atoms with Gasteiger partial charge < -0.3 is 10.1 Å². The van der Waals surface area contributed by atoms with Gasteiger partial charge in [-0.3, -0.25) is 4.79 Å². The van der Waals surface area contributed by atoms with Crippen LogP contribution in [0.1, 0.15) is 12.0 Å². The molecular formula is C20H23ClN2O4S2. The maximum Gasteiger partial charge on any atom is 0.243 e. The number of hydrogen-bond acceptors (Lipinski definition) is 5. The van der Waals surface area contributed by atoms with Crippen LogP contribution in [-0.4, -0.2) is 50.7 Å². The molecule has 156 valence electrons. The van der Waals surface area contributed by atoms with Crippen molar-refractivity contribution in [3.8, 4) is 0 Å². The predicted octanol–water partition coefficient (Wildman–Crippen LogP) is 3.79. The van der Waals surface area contributed by atoms with Gasteiger partial charge in [0.05, 0.1) is 18.1 Å². The molecule has 0 aliphatic carbocycles. The number of rotatable bonds is 7. The fourth-order valence-corrected chi connectivity index (χ4v) is 5.25. The second-order valence-corrected chi connectivity index (χ2v) is 10.1. The van der Waals surface area contributed by atoms with E-state index in [4.69, 9.17) is 16.3 Å². The molecular weight excluding hydrogens is 432 g/mol. The molecule has 0 radical (unpaired) electrons. The molecule has 1 amide bonds. The molecule has 0 atom stereocenters. The standard InChI is InChI=1S/C20H23ClN2O4S2/c1-15-2-7-18(29(25,26)23-9-11-27-12-10-23)14-19(15)22-20(24)8-13-28-17-5-3-16(21)4-6-17/h2-7,14H,8-13H2,1H3,(H,22,24). The molecule has 0 unspecified atom stereocenters. The molecule has 1 heterocycles. The lowest BCUT2D eigenvalue weighted by atomic mass is 10.2. The molecule has 2 aromatic rings. The van der Waals surface area contributed by atoms with E-state index in [0.29, 0.717) is 49.2 Å². The van der Waals surface area contributed by atoms with Gasteiger partial charge >= 0.3 is 0 Å². The molecule has 29 heavy (non-hydrogen) atoms. The van der Waals surface area contributed by atoms with E-state index >= 15 is 0 Å². The van der Waals surface area contributed by atoms with Gasteiger partial charge in [-0.1, -0.05) is 17.7 Å². The molecule has 6 nitrogen and oxygen atoms in total. The topological polar surface area (TPSA) is 75.7 Å². The van der Waals surface area contributed by atoms with Gasteiger partial charge in [-0.05, 0) is 48.9 Å². The Morgan fingerprint density at radius 1 is 1.17 bits per heavy atom. The molecule has 1 aliphatic rings. The first kappa shape index (κ1) is 22.1. The van der Waals surface area contributed by atoms with Gasteiger partial charge in [0.1, 0.15) is 0 Å². The number of sulfonamides is 1. The second kappa shape index (κ2) is 9.95. The van der Waals surface area contributed by atoms with Crippen molar-refractivity contribution < 1.29 is 17.9 Å². The van der Waals surface area contributed by atoms with Crippen LogP contribution in [0, 0.1) is 6.92 Å². The highest BCUT2D eigenvalue weighted by Crippen LogP contribution is 2.25. The number of aryl methyl sites for hydroxylation is 1. The molecule has 9 heteroatoms. The lowest BCUT2D eigenvalue weighted by Gasteiger charge is -2.26. The third-order valence-corrected chi connectivity index (χ3v) is 7.66. The van der Waals surface area contributed by atoms with Crippen molar-refractivity contribution >= 4 is 45.0 Å². The minimum Gasteiger partial charge on any atom is -0.379 e. The average Bonchev–Trinajstić information content (AvgIpc) is 2.71. The van der Waals surface area contributed by atoms with Gasteiger partial charge in [-0.25, -0.2) is 8.42 Å². The molecule has 1 fully saturated rings. The highest BCUT2D eigenvalue weighted by Gasteiger charge is 2.26. The number of thioether (sulfide) groups is 1. The predicted molar refractivity (Wildman–Crippen MR) is 116 cm³/mol. The first-order valence-corrected chi connectivity index (χ1v) is 12.0. The van der Waals surface area contributed by atoms with Crippen molar-refractivity contribution in [2.45, 2.75) is 23.1 Å². The van der Waals surface area contributed by atoms with E-state index in [1.165, 1.54) is 10.4 Å². The van der Waals surface area contributed by atoms with E-state index in [1.54, 1.807) is 23.9 Å². The Hall–Kier alpha value is -1.58. The lowest BCUT2D eigenvalue weighted by Crippen LogP contribution is -2.40. The zero-order chi connectivity index (χ0) is 20.9. The summed E-state index contributed by atoms with van der Waals surface area (Å²) in [6.07, 6.45) is 0.313. The number of nitrogens with one attached hydrogen (secondary N) is 1. The molecule has 1 aliphatic heterocycles. The summed E-state index contributed by atoms with van der Waals surface area (Å²) in [5.41, 5.74) is 1.32. The first-order valence-electron chi connectivity index (χ1n) is 9.23. The number of carbonyl (C=O) groups is 1. The molecule has 0 aromatic heterocycles. The van der Waals surface area contributed by atoms with Crippen molar-refractivity contribution in [2.24, 2.45) is 0 Å². The van der Waals surface area contributed by atoms with Crippen LogP contribution in [0.15, 0.2) is 52.3 Å². The zero-order valence-corrected chi connectivity index (χ0v) is 18.4. The zero-order valence-electron chi connectivity index (χ0n) is 16.1. The molecule has 1 N–H and O–H groups in total. The summed E-state index contributed by atoms with van der Waals surface area (Å²) in [6, 6.07) is 12.3. The van der Waals surface area contributed by atoms with E-state index in [0.717, 1.165) is 10.5 Å². The summed E-state index contributed by atoms with van der Waals surface area (Å²) >= 11 is 7.43. The van der Waals surface area contributed by atoms with Crippen LogP contribution in [0.3, 0.4) is 0 Å². The number of benzene rings is 2. The SMILES string of the molecule is Cc1ccc(S(=O)(=O)N2CCOCC2)cc1NC(=O)CCSc1ccc(Cl)cc1. The summed E-state index contributed by atoms with van der Waals surface area (Å²) in [5, 5.41) is 3.52. The molecule has 3 rings (SSSR count). The summed E-state index contributed by atoms with van der Waals surface area (Å²) < 4.78 is 32.3. The van der Waals surface area contributed by atoms with Crippen molar-refractivity contribution in [1.82, 2.24) is 4.31 Å². The average molecular weight is 455 g/mol. The van der Waals surface area contributed by atoms with Crippen molar-refractivity contribution in [1.29, 1.82) is 0 Å². The quantitative estimate of drug-likeness (QED) is 0.644. The van der Waals surface area contributed by atoms with Crippen LogP contribution in [0.4, 0.5) is 5.69 Å². The largest absolute Gasteiger partial charge is 0.379 e. The van der Waals surface area contributed by atoms with Crippen LogP contribution in [0.2, 0.25) is 5.02 Å². The lowest BCUT2D eigenvalue weighted by molar-refractivity contribution is -0.115. The number of halogens is 1. The third-order valence-electron chi connectivity index (χ3n) is 4.50. The van der Waals surface area contributed by atoms with Crippen molar-refractivity contribution in [3.63, 3.8) is 0 Å². The fraction of sp³-hybridized carbons (Fsp3) is 0.350. The molecule has 0 spiro atoms. The first-order chi connectivity index (χ1) is 13.9. The van der Waals surface area contributed by atoms with Crippen LogP contribution in [-0.2, 0) is 19.6 Å². The summed E-state index contributed by atoms with van der Waals surface area (Å²) in [6.45, 7) is 3.28. The highest BCUT2D eigenvalue weighted by atomic mass is 35.5. The third kappa shape index (κ3) is 5.96. The van der Waals surface area contributed by atoms with E-state index in [1.807, 2.05) is 31.2 Å². The van der Waals surface area contributed by atoms with Gasteiger partial charge in [-0.15, -0.1) is 11.8 Å². The molecule has 2 aromatic carbocycles. The van der Waals surface area contributed by atoms with E-state index in [-0.39, 0.29) is 10.8 Å². The Morgan fingerprint density at radius 3 is 2.55 bits per heavy atom. The van der Waals surface area contributed by atoms with Gasteiger partial charge in [-0.2, -0.15) is 4.31 Å². The Balaban J connectivity index is 1.61. The number of anilines is 1. The van der Waals surface area contributed by atoms with Gasteiger partial charge in [0.15, 0.2) is 0 Å². The monoisotopic (exact) mass is 454 g/mol. The molecule has 0 bridgehead atoms. The summed E-state index contributed by atoms with van der Waals surface area (Å²) in [4.78, 5) is 13.6. The summed E-state index contributed by atoms with van der Waals surface area (Å²) in [5.74, 6) is 0.452. The minimum absolute atomic E-state index is 0.157. The van der Waals surface area contributed by atoms with Crippen LogP contribution in [0.25, 0.3) is 0 Å². The Kier molecular flexibility index (Phi) is 7.59. The van der Waals surface area contributed by atoms with Crippen LogP contribution in [0.5, 0.6) is 0 Å². The van der Waals surface area contributed by atoms with Crippen molar-refractivity contribution in [2.75, 3.05) is 37.4 Å². The number of nitrogens with zero attached hydrogens (tertiary/aromatic N) is 1. The number of hydrogen-bond donors (Lipinski definition) is 1. The van der Waals surface area contributed by atoms with Crippen LogP contribution >= 0.6 is 23.4 Å². The Labute approximate surface area is 180 Å². The van der Waals surface area contributed by atoms with Gasteiger partial charge in [0.2, 0.25) is 15.9 Å². The molecule has 1 saturated heterocycles. The molecule has 0 saturated carbocycles. The minimum atomic E-state index is -3.61. The Morgan fingerprint density at radius 2 is 1.86 bits per heavy atom. The van der Waals surface area contributed by atoms with Gasteiger partial charge in [0.25, 0.3) is 0 Å². The normalized spacial score (nSPS) is 15.2. The number of morpholine rings is 1. The number of carbonyl (C=O) groups excluding carboxylic acids is 1. The summed E-state index contributed by atoms with van der Waals surface area (Å²) in [7, 11) is -3.61. The number of amides is 1. The van der Waals surface area contributed by atoms with E-state index < -0.39 is 10.0 Å². The fourth-order valence-electron chi connectivity index (χ4n) is 2.84. The highest BCUT2D eigenvalue weighted by molar-refractivity contribution is 7.99. The van der Waals surface area contributed by atoms with Gasteiger partial charge in [0, 0.05) is 40.9 Å². The van der Waals surface area contributed by atoms with Crippen LogP contribution < -0.4 is 5.32 Å². The second-order valence-electron chi connectivity index (χ2n) is 6.59. The Bertz CT molecular complexity index is 959. The van der Waals surface area contributed by atoms with E-state index in [9.17, 15) is 13.2 Å². The maximum atomic E-state index is 12.8. The maximum absolute atomic E-state index is 12.8. The number of ether oxygens (including phenoxy) is 1. The van der Waals surface area contributed by atoms with E-state index in [2.05, 4.69) is 5.32 Å².